The number of hydrogen-bond donors (Lipinski definition) is 1. The number of ether oxygens (including phenoxy) is 1. The minimum absolute atomic E-state index is 0.113. The van der Waals surface area contributed by atoms with Crippen molar-refractivity contribution in [3.63, 3.8) is 0 Å². The number of carbonyl (C=O) groups is 1. The molecule has 4 heteroatoms. The molecule has 2 aromatic rings. The van der Waals surface area contributed by atoms with Gasteiger partial charge in [-0.3, -0.25) is 4.79 Å². The fraction of sp³-hybridized carbons (Fsp3) is 0.519. The first-order valence-corrected chi connectivity index (χ1v) is 12.1. The lowest BCUT2D eigenvalue weighted by molar-refractivity contribution is -0.121. The second-order valence-corrected chi connectivity index (χ2v) is 9.09. The number of amides is 1. The standard InChI is InChI=1S/C27H36N2O2/c30-26(27(17-6-7-18-27)23-11-4-3-5-12-23)28-24-13-15-25(16-14-24)31-22-10-21-29-19-8-1-2-9-20-29/h3-5,11-16H,1-2,6-10,17-22H2,(H,28,30). The number of benzene rings is 2. The van der Waals surface area contributed by atoms with Crippen LogP contribution in [0.2, 0.25) is 0 Å². The Kier molecular flexibility index (Phi) is 7.63. The molecule has 0 bridgehead atoms. The lowest BCUT2D eigenvalue weighted by Crippen LogP contribution is -2.37. The average Bonchev–Trinajstić information content (AvgIpc) is 3.18. The predicted octanol–water partition coefficient (Wildman–Crippen LogP) is 5.78. The maximum Gasteiger partial charge on any atom is 0.235 e. The number of rotatable bonds is 8. The molecule has 166 valence electrons. The number of hydrogen-bond acceptors (Lipinski definition) is 3. The first kappa shape index (κ1) is 21.9. The molecule has 0 spiro atoms. The Morgan fingerprint density at radius 2 is 1.55 bits per heavy atom. The number of nitrogens with one attached hydrogen (secondary N) is 1. The summed E-state index contributed by atoms with van der Waals surface area (Å²) in [6, 6.07) is 18.1. The van der Waals surface area contributed by atoms with Gasteiger partial charge in [-0.05, 0) is 75.0 Å². The molecule has 4 nitrogen and oxygen atoms in total. The Morgan fingerprint density at radius 1 is 0.871 bits per heavy atom. The van der Waals surface area contributed by atoms with Gasteiger partial charge in [0.05, 0.1) is 12.0 Å². The molecule has 1 saturated carbocycles. The number of nitrogens with zero attached hydrogens (tertiary/aromatic N) is 1. The molecule has 2 aromatic carbocycles. The minimum atomic E-state index is -0.399. The SMILES string of the molecule is O=C(Nc1ccc(OCCCN2CCCCCC2)cc1)C1(c2ccccc2)CCCC1. The summed E-state index contributed by atoms with van der Waals surface area (Å²) in [5.41, 5.74) is 1.57. The van der Waals surface area contributed by atoms with E-state index < -0.39 is 5.41 Å². The molecule has 2 aliphatic rings. The van der Waals surface area contributed by atoms with Crippen molar-refractivity contribution < 1.29 is 9.53 Å². The van der Waals surface area contributed by atoms with Crippen molar-refractivity contribution in [2.45, 2.75) is 63.2 Å². The van der Waals surface area contributed by atoms with Crippen LogP contribution in [0.4, 0.5) is 5.69 Å². The van der Waals surface area contributed by atoms with Gasteiger partial charge in [0.25, 0.3) is 0 Å². The van der Waals surface area contributed by atoms with Gasteiger partial charge in [-0.25, -0.2) is 0 Å². The Balaban J connectivity index is 1.27. The molecule has 1 saturated heterocycles. The zero-order valence-electron chi connectivity index (χ0n) is 18.7. The summed E-state index contributed by atoms with van der Waals surface area (Å²) >= 11 is 0. The molecule has 0 atom stereocenters. The zero-order chi connectivity index (χ0) is 21.4. The molecule has 1 heterocycles. The first-order valence-electron chi connectivity index (χ1n) is 12.1. The molecule has 0 radical (unpaired) electrons. The second-order valence-electron chi connectivity index (χ2n) is 9.09. The largest absolute Gasteiger partial charge is 0.494 e. The van der Waals surface area contributed by atoms with E-state index in [1.165, 1.54) is 38.8 Å². The van der Waals surface area contributed by atoms with Gasteiger partial charge in [0.2, 0.25) is 5.91 Å². The third kappa shape index (κ3) is 5.68. The predicted molar refractivity (Wildman–Crippen MR) is 127 cm³/mol. The van der Waals surface area contributed by atoms with Crippen molar-refractivity contribution in [2.24, 2.45) is 0 Å². The molecule has 0 unspecified atom stereocenters. The first-order chi connectivity index (χ1) is 15.3. The van der Waals surface area contributed by atoms with Crippen LogP contribution in [0.15, 0.2) is 54.6 Å². The van der Waals surface area contributed by atoms with Crippen molar-refractivity contribution in [1.82, 2.24) is 4.90 Å². The van der Waals surface area contributed by atoms with Crippen LogP contribution in [0.1, 0.15) is 63.4 Å². The van der Waals surface area contributed by atoms with Crippen molar-refractivity contribution in [3.8, 4) is 5.75 Å². The second kappa shape index (κ2) is 10.8. The third-order valence-corrected chi connectivity index (χ3v) is 6.92. The smallest absolute Gasteiger partial charge is 0.235 e. The van der Waals surface area contributed by atoms with E-state index in [1.807, 2.05) is 42.5 Å². The summed E-state index contributed by atoms with van der Waals surface area (Å²) in [4.78, 5) is 15.8. The third-order valence-electron chi connectivity index (χ3n) is 6.92. The number of likely N-dealkylation sites (tertiary alicyclic amines) is 1. The highest BCUT2D eigenvalue weighted by Crippen LogP contribution is 2.42. The summed E-state index contributed by atoms with van der Waals surface area (Å²) in [5.74, 6) is 0.981. The maximum atomic E-state index is 13.3. The average molecular weight is 421 g/mol. The van der Waals surface area contributed by atoms with E-state index in [9.17, 15) is 4.79 Å². The zero-order valence-corrected chi connectivity index (χ0v) is 18.7. The van der Waals surface area contributed by atoms with E-state index in [-0.39, 0.29) is 5.91 Å². The molecular weight excluding hydrogens is 384 g/mol. The van der Waals surface area contributed by atoms with Crippen molar-refractivity contribution in [2.75, 3.05) is 31.6 Å². The highest BCUT2D eigenvalue weighted by molar-refractivity contribution is 5.99. The monoisotopic (exact) mass is 420 g/mol. The van der Waals surface area contributed by atoms with Crippen LogP contribution in [-0.2, 0) is 10.2 Å². The Labute approximate surface area is 187 Å². The van der Waals surface area contributed by atoms with E-state index in [0.29, 0.717) is 0 Å². The van der Waals surface area contributed by atoms with Crippen LogP contribution in [0.5, 0.6) is 5.75 Å². The Morgan fingerprint density at radius 3 is 2.23 bits per heavy atom. The summed E-state index contributed by atoms with van der Waals surface area (Å²) in [6.07, 6.45) is 10.5. The molecular formula is C27H36N2O2. The highest BCUT2D eigenvalue weighted by atomic mass is 16.5. The fourth-order valence-corrected chi connectivity index (χ4v) is 5.11. The quantitative estimate of drug-likeness (QED) is 0.550. The summed E-state index contributed by atoms with van der Waals surface area (Å²) in [6.45, 7) is 4.33. The lowest BCUT2D eigenvalue weighted by Gasteiger charge is -2.28. The molecule has 1 aliphatic heterocycles. The Hall–Kier alpha value is -2.33. The topological polar surface area (TPSA) is 41.6 Å². The summed E-state index contributed by atoms with van der Waals surface area (Å²) in [5, 5.41) is 3.17. The molecule has 1 aliphatic carbocycles. The minimum Gasteiger partial charge on any atom is -0.494 e. The van der Waals surface area contributed by atoms with Gasteiger partial charge in [-0.1, -0.05) is 56.0 Å². The molecule has 2 fully saturated rings. The normalized spacial score (nSPS) is 19.0. The lowest BCUT2D eigenvalue weighted by atomic mass is 9.78. The molecule has 0 aromatic heterocycles. The highest BCUT2D eigenvalue weighted by Gasteiger charge is 2.42. The van der Waals surface area contributed by atoms with E-state index in [0.717, 1.165) is 62.3 Å². The molecule has 4 rings (SSSR count). The van der Waals surface area contributed by atoms with Crippen LogP contribution in [0.25, 0.3) is 0 Å². The van der Waals surface area contributed by atoms with Crippen LogP contribution in [0.3, 0.4) is 0 Å². The van der Waals surface area contributed by atoms with Gasteiger partial charge >= 0.3 is 0 Å². The van der Waals surface area contributed by atoms with Crippen molar-refractivity contribution in [1.29, 1.82) is 0 Å². The van der Waals surface area contributed by atoms with Crippen molar-refractivity contribution in [3.05, 3.63) is 60.2 Å². The van der Waals surface area contributed by atoms with Crippen LogP contribution >= 0.6 is 0 Å². The van der Waals surface area contributed by atoms with Gasteiger partial charge in [-0.15, -0.1) is 0 Å². The number of anilines is 1. The van der Waals surface area contributed by atoms with E-state index in [4.69, 9.17) is 4.74 Å². The van der Waals surface area contributed by atoms with Crippen LogP contribution in [0, 0.1) is 0 Å². The Bertz CT molecular complexity index is 805. The maximum absolute atomic E-state index is 13.3. The fourth-order valence-electron chi connectivity index (χ4n) is 5.11. The molecule has 1 N–H and O–H groups in total. The van der Waals surface area contributed by atoms with Crippen LogP contribution < -0.4 is 10.1 Å². The van der Waals surface area contributed by atoms with Gasteiger partial charge < -0.3 is 15.0 Å². The van der Waals surface area contributed by atoms with Crippen molar-refractivity contribution >= 4 is 11.6 Å². The van der Waals surface area contributed by atoms with Gasteiger partial charge in [0, 0.05) is 12.2 Å². The van der Waals surface area contributed by atoms with E-state index in [1.54, 1.807) is 0 Å². The van der Waals surface area contributed by atoms with Gasteiger partial charge in [-0.2, -0.15) is 0 Å². The van der Waals surface area contributed by atoms with E-state index >= 15 is 0 Å². The van der Waals surface area contributed by atoms with Gasteiger partial charge in [0.15, 0.2) is 0 Å². The van der Waals surface area contributed by atoms with E-state index in [2.05, 4.69) is 22.3 Å². The number of carbonyl (C=O) groups excluding carboxylic acids is 1. The molecule has 31 heavy (non-hydrogen) atoms. The summed E-state index contributed by atoms with van der Waals surface area (Å²) in [7, 11) is 0. The summed E-state index contributed by atoms with van der Waals surface area (Å²) < 4.78 is 5.94. The van der Waals surface area contributed by atoms with Gasteiger partial charge in [0.1, 0.15) is 5.75 Å². The molecule has 1 amide bonds. The van der Waals surface area contributed by atoms with Crippen LogP contribution in [-0.4, -0.2) is 37.0 Å².